The number of aryl methyl sites for hydroxylation is 2. The molecule has 5 nitrogen and oxygen atoms in total. The molecule has 1 radical (unpaired) electrons. The minimum Gasteiger partial charge on any atom is -0.501 e. The van der Waals surface area contributed by atoms with Gasteiger partial charge in [-0.2, -0.15) is 0 Å². The summed E-state index contributed by atoms with van der Waals surface area (Å²) in [6.07, 6.45) is 3.67. The molecule has 0 saturated heterocycles. The van der Waals surface area contributed by atoms with Gasteiger partial charge >= 0.3 is 0 Å². The normalized spacial score (nSPS) is 10.8. The molecule has 211 valence electrons. The maximum atomic E-state index is 6.33. The van der Waals surface area contributed by atoms with Crippen molar-refractivity contribution in [3.8, 4) is 28.3 Å². The molecule has 6 heteroatoms. The van der Waals surface area contributed by atoms with Crippen molar-refractivity contribution < 1.29 is 24.5 Å². The smallest absolute Gasteiger partial charge is 0.121 e. The second-order valence-electron chi connectivity index (χ2n) is 10.1. The third-order valence-corrected chi connectivity index (χ3v) is 7.15. The van der Waals surface area contributed by atoms with E-state index in [9.17, 15) is 0 Å². The second-order valence-corrected chi connectivity index (χ2v) is 10.1. The first-order valence-corrected chi connectivity index (χ1v) is 13.8. The SMILES string of the molecule is Cc1ccc2c(c1)oc1c(-c3nc4cc(C)ncc4n3-c3ccccc3)[c-]ccc12.[Ir].[c-]1ccccc1-c1ccccn1. The van der Waals surface area contributed by atoms with Gasteiger partial charge in [-0.25, -0.2) is 0 Å². The van der Waals surface area contributed by atoms with Gasteiger partial charge in [-0.15, -0.1) is 54.1 Å². The van der Waals surface area contributed by atoms with Crippen LogP contribution in [0.15, 0.2) is 126 Å². The predicted molar refractivity (Wildman–Crippen MR) is 168 cm³/mol. The summed E-state index contributed by atoms with van der Waals surface area (Å²) in [7, 11) is 0. The van der Waals surface area contributed by atoms with Gasteiger partial charge in [-0.05, 0) is 55.4 Å². The molecule has 0 bridgehead atoms. The zero-order chi connectivity index (χ0) is 28.5. The fourth-order valence-electron chi connectivity index (χ4n) is 5.17. The van der Waals surface area contributed by atoms with E-state index in [1.54, 1.807) is 6.20 Å². The Labute approximate surface area is 263 Å². The maximum absolute atomic E-state index is 6.33. The molecule has 4 heterocycles. The van der Waals surface area contributed by atoms with Gasteiger partial charge < -0.3 is 14.0 Å². The van der Waals surface area contributed by atoms with Gasteiger partial charge in [0.2, 0.25) is 0 Å². The number of furan rings is 1. The Morgan fingerprint density at radius 1 is 0.744 bits per heavy atom. The third kappa shape index (κ3) is 5.51. The van der Waals surface area contributed by atoms with Gasteiger partial charge in [0.1, 0.15) is 5.58 Å². The molecule has 0 amide bonds. The van der Waals surface area contributed by atoms with Gasteiger partial charge in [0, 0.05) is 43.1 Å². The van der Waals surface area contributed by atoms with Crippen LogP contribution in [0, 0.1) is 26.0 Å². The maximum Gasteiger partial charge on any atom is 0.121 e. The first kappa shape index (κ1) is 28.2. The second kappa shape index (κ2) is 12.1. The van der Waals surface area contributed by atoms with Crippen molar-refractivity contribution in [2.45, 2.75) is 13.8 Å². The van der Waals surface area contributed by atoms with Crippen molar-refractivity contribution >= 4 is 33.0 Å². The molecule has 0 aliphatic carbocycles. The summed E-state index contributed by atoms with van der Waals surface area (Å²) in [5.74, 6) is 0.796. The van der Waals surface area contributed by atoms with Crippen molar-refractivity contribution in [2.75, 3.05) is 0 Å². The van der Waals surface area contributed by atoms with Gasteiger partial charge in [0.25, 0.3) is 0 Å². The number of para-hydroxylation sites is 1. The van der Waals surface area contributed by atoms with E-state index in [2.05, 4.69) is 70.0 Å². The van der Waals surface area contributed by atoms with Crippen molar-refractivity contribution in [1.82, 2.24) is 19.5 Å². The van der Waals surface area contributed by atoms with E-state index >= 15 is 0 Å². The van der Waals surface area contributed by atoms with E-state index in [0.717, 1.165) is 67.0 Å². The number of nitrogens with zero attached hydrogens (tertiary/aromatic N) is 4. The van der Waals surface area contributed by atoms with Crippen LogP contribution >= 0.6 is 0 Å². The van der Waals surface area contributed by atoms with Gasteiger partial charge in [-0.1, -0.05) is 53.4 Å². The van der Waals surface area contributed by atoms with Crippen LogP contribution in [0.5, 0.6) is 0 Å². The summed E-state index contributed by atoms with van der Waals surface area (Å²) in [5.41, 5.74) is 9.53. The summed E-state index contributed by atoms with van der Waals surface area (Å²) in [5, 5.41) is 2.17. The summed E-state index contributed by atoms with van der Waals surface area (Å²) < 4.78 is 8.46. The average molecular weight is 735 g/mol. The monoisotopic (exact) mass is 735 g/mol. The average Bonchev–Trinajstić information content (AvgIpc) is 3.60. The minimum absolute atomic E-state index is 0. The van der Waals surface area contributed by atoms with Crippen molar-refractivity contribution in [2.24, 2.45) is 0 Å². The molecule has 8 rings (SSSR count). The number of imidazole rings is 1. The van der Waals surface area contributed by atoms with Crippen molar-refractivity contribution in [1.29, 1.82) is 0 Å². The van der Waals surface area contributed by atoms with E-state index in [-0.39, 0.29) is 20.1 Å². The zero-order valence-corrected chi connectivity index (χ0v) is 26.0. The molecule has 0 N–H and O–H groups in total. The number of aromatic nitrogens is 4. The van der Waals surface area contributed by atoms with Gasteiger partial charge in [0.15, 0.2) is 0 Å². The summed E-state index contributed by atoms with van der Waals surface area (Å²) in [6, 6.07) is 42.8. The number of pyridine rings is 2. The van der Waals surface area contributed by atoms with Crippen LogP contribution in [0.4, 0.5) is 0 Å². The molecule has 0 aliphatic rings. The first-order valence-electron chi connectivity index (χ1n) is 13.8. The Bertz CT molecular complexity index is 2120. The molecule has 0 saturated carbocycles. The molecule has 4 aromatic carbocycles. The Balaban J connectivity index is 0.000000213. The summed E-state index contributed by atoms with van der Waals surface area (Å²) >= 11 is 0. The van der Waals surface area contributed by atoms with E-state index in [1.165, 1.54) is 5.56 Å². The Kier molecular flexibility index (Phi) is 7.97. The quantitative estimate of drug-likeness (QED) is 0.170. The number of benzene rings is 4. The van der Waals surface area contributed by atoms with Crippen LogP contribution in [-0.2, 0) is 20.1 Å². The molecular formula is C37H26IrN4O-2. The molecular weight excluding hydrogens is 709 g/mol. The minimum atomic E-state index is 0. The van der Waals surface area contributed by atoms with E-state index in [0.29, 0.717) is 0 Å². The Morgan fingerprint density at radius 2 is 1.58 bits per heavy atom. The number of hydrogen-bond donors (Lipinski definition) is 0. The molecule has 43 heavy (non-hydrogen) atoms. The number of rotatable bonds is 3. The standard InChI is InChI=1S/C26H18N3O.C11H8N.Ir/c1-16-11-12-19-20-9-6-10-21(25(20)30-24(19)13-16)26-28-22-14-17(2)27-15-23(22)29(26)18-7-4-3-5-8-18;1-2-6-10(7-3-1)11-8-4-5-9-12-11;/h3-9,11-15H,1-2H3;1-6,8-9H;/q2*-1;. The zero-order valence-electron chi connectivity index (χ0n) is 23.6. The molecule has 0 spiro atoms. The number of fused-ring (bicyclic) bond motifs is 4. The van der Waals surface area contributed by atoms with Crippen LogP contribution in [0.3, 0.4) is 0 Å². The van der Waals surface area contributed by atoms with Gasteiger partial charge in [-0.3, -0.25) is 9.97 Å². The summed E-state index contributed by atoms with van der Waals surface area (Å²) in [4.78, 5) is 13.7. The van der Waals surface area contributed by atoms with Crippen LogP contribution in [0.25, 0.3) is 61.3 Å². The molecule has 4 aromatic heterocycles. The topological polar surface area (TPSA) is 56.7 Å². The Morgan fingerprint density at radius 3 is 2.37 bits per heavy atom. The Hall–Kier alpha value is -4.90. The fraction of sp³-hybridized carbons (Fsp3) is 0.0541. The third-order valence-electron chi connectivity index (χ3n) is 7.15. The number of hydrogen-bond acceptors (Lipinski definition) is 4. The van der Waals surface area contributed by atoms with Crippen molar-refractivity contribution in [3.05, 3.63) is 145 Å². The van der Waals surface area contributed by atoms with Crippen LogP contribution in [0.1, 0.15) is 11.3 Å². The van der Waals surface area contributed by atoms with E-state index in [1.807, 2.05) is 85.9 Å². The predicted octanol–water partition coefficient (Wildman–Crippen LogP) is 8.95. The molecule has 0 atom stereocenters. The fourth-order valence-corrected chi connectivity index (χ4v) is 5.17. The molecule has 8 aromatic rings. The van der Waals surface area contributed by atoms with Crippen LogP contribution in [-0.4, -0.2) is 19.5 Å². The summed E-state index contributed by atoms with van der Waals surface area (Å²) in [6.45, 7) is 4.05. The van der Waals surface area contributed by atoms with E-state index in [4.69, 9.17) is 9.40 Å². The van der Waals surface area contributed by atoms with Crippen LogP contribution in [0.2, 0.25) is 0 Å². The molecule has 0 unspecified atom stereocenters. The largest absolute Gasteiger partial charge is 0.501 e. The van der Waals surface area contributed by atoms with Crippen molar-refractivity contribution in [3.63, 3.8) is 0 Å². The van der Waals surface area contributed by atoms with Crippen LogP contribution < -0.4 is 0 Å². The first-order chi connectivity index (χ1) is 20.7. The van der Waals surface area contributed by atoms with Gasteiger partial charge in [0.05, 0.1) is 28.6 Å². The molecule has 0 fully saturated rings. The van der Waals surface area contributed by atoms with E-state index < -0.39 is 0 Å². The molecule has 0 aliphatic heterocycles.